The third kappa shape index (κ3) is 4.85. The summed E-state index contributed by atoms with van der Waals surface area (Å²) in [7, 11) is 2.02. The number of benzene rings is 3. The smallest absolute Gasteiger partial charge is 0.319 e. The molecule has 1 heterocycles. The number of carbonyl (C=O) groups is 2. The summed E-state index contributed by atoms with van der Waals surface area (Å²) in [6.07, 6.45) is 0.857. The van der Waals surface area contributed by atoms with E-state index in [1.54, 1.807) is 12.1 Å². The van der Waals surface area contributed by atoms with Crippen LogP contribution in [0.4, 0.5) is 30.6 Å². The van der Waals surface area contributed by atoms with Crippen LogP contribution in [0.5, 0.6) is 0 Å². The number of hydrogen-bond acceptors (Lipinski definition) is 3. The van der Waals surface area contributed by atoms with Crippen molar-refractivity contribution >= 4 is 29.0 Å². The van der Waals surface area contributed by atoms with Crippen LogP contribution in [-0.4, -0.2) is 32.1 Å². The van der Waals surface area contributed by atoms with Crippen LogP contribution in [-0.2, 0) is 6.54 Å². The second-order valence-corrected chi connectivity index (χ2v) is 8.27. The summed E-state index contributed by atoms with van der Waals surface area (Å²) in [6.45, 7) is 3.47. The van der Waals surface area contributed by atoms with Crippen molar-refractivity contribution in [3.63, 3.8) is 0 Å². The molecule has 0 fully saturated rings. The number of rotatable bonds is 4. The number of halogens is 2. The molecule has 0 atom stereocenters. The van der Waals surface area contributed by atoms with Crippen molar-refractivity contribution in [3.05, 3.63) is 89.0 Å². The summed E-state index contributed by atoms with van der Waals surface area (Å²) in [6, 6.07) is 15.8. The number of fused-ring (bicyclic) bond motifs is 1. The molecule has 0 unspecified atom stereocenters. The molecule has 6 nitrogen and oxygen atoms in total. The van der Waals surface area contributed by atoms with E-state index in [0.29, 0.717) is 12.1 Å². The first-order chi connectivity index (χ1) is 16.3. The molecule has 0 aromatic heterocycles. The Bertz CT molecular complexity index is 1210. The van der Waals surface area contributed by atoms with Gasteiger partial charge >= 0.3 is 6.03 Å². The first-order valence-corrected chi connectivity index (χ1v) is 11.1. The zero-order chi connectivity index (χ0) is 24.2. The van der Waals surface area contributed by atoms with E-state index in [0.717, 1.165) is 47.6 Å². The van der Waals surface area contributed by atoms with Crippen LogP contribution in [0, 0.1) is 18.6 Å². The number of nitrogens with one attached hydrogen (secondary N) is 2. The minimum absolute atomic E-state index is 0.0764. The second kappa shape index (κ2) is 9.91. The maximum atomic E-state index is 13.7. The molecule has 0 saturated carbocycles. The van der Waals surface area contributed by atoms with Gasteiger partial charge in [0.15, 0.2) is 0 Å². The standard InChI is InChI=1S/C26H26F2N4O2/c1-17-15-18(16-29-26(34)30-24-20(27)7-5-8-21(24)28)11-12-19(17)25(33)32-14-6-13-31(2)22-9-3-4-10-23(22)32/h3-5,7-12,15H,6,13-14,16H2,1-2H3,(H2,29,30,34). The number of nitrogens with zero attached hydrogens (tertiary/aromatic N) is 2. The molecule has 1 aliphatic heterocycles. The lowest BCUT2D eigenvalue weighted by atomic mass is 10.0. The third-order valence-corrected chi connectivity index (χ3v) is 5.88. The first-order valence-electron chi connectivity index (χ1n) is 11.1. The Morgan fingerprint density at radius 3 is 2.35 bits per heavy atom. The van der Waals surface area contributed by atoms with Crippen LogP contribution < -0.4 is 20.4 Å². The summed E-state index contributed by atoms with van der Waals surface area (Å²) in [4.78, 5) is 29.5. The highest BCUT2D eigenvalue weighted by atomic mass is 19.1. The van der Waals surface area contributed by atoms with Crippen LogP contribution in [0.25, 0.3) is 0 Å². The quantitative estimate of drug-likeness (QED) is 0.566. The molecule has 0 saturated heterocycles. The van der Waals surface area contributed by atoms with Crippen LogP contribution in [0.15, 0.2) is 60.7 Å². The van der Waals surface area contributed by atoms with Gasteiger partial charge in [-0.1, -0.05) is 30.3 Å². The van der Waals surface area contributed by atoms with Gasteiger partial charge < -0.3 is 20.4 Å². The van der Waals surface area contributed by atoms with Gasteiger partial charge in [-0.05, 0) is 54.8 Å². The van der Waals surface area contributed by atoms with Gasteiger partial charge in [-0.15, -0.1) is 0 Å². The zero-order valence-electron chi connectivity index (χ0n) is 19.1. The Balaban J connectivity index is 1.45. The van der Waals surface area contributed by atoms with Gasteiger partial charge in [-0.3, -0.25) is 4.79 Å². The zero-order valence-corrected chi connectivity index (χ0v) is 19.1. The Kier molecular flexibility index (Phi) is 6.77. The van der Waals surface area contributed by atoms with Gasteiger partial charge in [-0.25, -0.2) is 13.6 Å². The topological polar surface area (TPSA) is 64.7 Å². The average molecular weight is 465 g/mol. The monoisotopic (exact) mass is 464 g/mol. The summed E-state index contributed by atoms with van der Waals surface area (Å²) < 4.78 is 27.4. The third-order valence-electron chi connectivity index (χ3n) is 5.88. The Morgan fingerprint density at radius 1 is 0.941 bits per heavy atom. The Labute approximate surface area is 197 Å². The molecule has 2 N–H and O–H groups in total. The minimum atomic E-state index is -0.852. The normalized spacial score (nSPS) is 13.2. The van der Waals surface area contributed by atoms with E-state index in [9.17, 15) is 18.4 Å². The van der Waals surface area contributed by atoms with Crippen molar-refractivity contribution in [1.82, 2.24) is 5.32 Å². The van der Waals surface area contributed by atoms with E-state index in [1.165, 1.54) is 6.07 Å². The summed E-state index contributed by atoms with van der Waals surface area (Å²) >= 11 is 0. The lowest BCUT2D eigenvalue weighted by Crippen LogP contribution is -2.32. The fourth-order valence-electron chi connectivity index (χ4n) is 4.11. The van der Waals surface area contributed by atoms with Gasteiger partial charge in [0, 0.05) is 32.2 Å². The lowest BCUT2D eigenvalue weighted by Gasteiger charge is -2.25. The molecule has 0 bridgehead atoms. The van der Waals surface area contributed by atoms with Crippen LogP contribution in [0.2, 0.25) is 0 Å². The maximum absolute atomic E-state index is 13.7. The Hall–Kier alpha value is -3.94. The van der Waals surface area contributed by atoms with Gasteiger partial charge in [0.25, 0.3) is 5.91 Å². The number of anilines is 3. The van der Waals surface area contributed by atoms with E-state index >= 15 is 0 Å². The molecule has 0 spiro atoms. The fourth-order valence-corrected chi connectivity index (χ4v) is 4.11. The molecule has 0 radical (unpaired) electrons. The van der Waals surface area contributed by atoms with Crippen molar-refractivity contribution in [3.8, 4) is 0 Å². The number of aryl methyl sites for hydroxylation is 1. The van der Waals surface area contributed by atoms with E-state index in [2.05, 4.69) is 15.5 Å². The molecule has 3 aromatic carbocycles. The highest BCUT2D eigenvalue weighted by Gasteiger charge is 2.25. The second-order valence-electron chi connectivity index (χ2n) is 8.27. The number of amides is 3. The van der Waals surface area contributed by atoms with E-state index < -0.39 is 23.4 Å². The van der Waals surface area contributed by atoms with E-state index in [4.69, 9.17) is 0 Å². The number of para-hydroxylation sites is 3. The molecule has 1 aliphatic rings. The summed E-state index contributed by atoms with van der Waals surface area (Å²) in [5.74, 6) is -1.78. The molecule has 34 heavy (non-hydrogen) atoms. The van der Waals surface area contributed by atoms with Crippen molar-refractivity contribution in [1.29, 1.82) is 0 Å². The average Bonchev–Trinajstić information content (AvgIpc) is 2.99. The van der Waals surface area contributed by atoms with Gasteiger partial charge in [0.1, 0.15) is 17.3 Å². The molecule has 4 rings (SSSR count). The van der Waals surface area contributed by atoms with Crippen molar-refractivity contribution in [2.24, 2.45) is 0 Å². The molecule has 176 valence electrons. The molecular weight excluding hydrogens is 438 g/mol. The largest absolute Gasteiger partial charge is 0.373 e. The van der Waals surface area contributed by atoms with E-state index in [1.807, 2.05) is 49.2 Å². The fraction of sp³-hybridized carbons (Fsp3) is 0.231. The molecule has 0 aliphatic carbocycles. The lowest BCUT2D eigenvalue weighted by molar-refractivity contribution is 0.0986. The van der Waals surface area contributed by atoms with Crippen LogP contribution in [0.3, 0.4) is 0 Å². The number of carbonyl (C=O) groups excluding carboxylic acids is 2. The number of urea groups is 1. The molecule has 3 amide bonds. The Morgan fingerprint density at radius 2 is 1.65 bits per heavy atom. The van der Waals surface area contributed by atoms with E-state index in [-0.39, 0.29) is 12.5 Å². The maximum Gasteiger partial charge on any atom is 0.319 e. The van der Waals surface area contributed by atoms with Crippen molar-refractivity contribution in [2.75, 3.05) is 35.3 Å². The van der Waals surface area contributed by atoms with Crippen LogP contribution >= 0.6 is 0 Å². The minimum Gasteiger partial charge on any atom is -0.373 e. The highest BCUT2D eigenvalue weighted by molar-refractivity contribution is 6.08. The molecule has 8 heteroatoms. The predicted molar refractivity (Wildman–Crippen MR) is 129 cm³/mol. The van der Waals surface area contributed by atoms with Gasteiger partial charge in [-0.2, -0.15) is 0 Å². The van der Waals surface area contributed by atoms with Gasteiger partial charge in [0.05, 0.1) is 11.4 Å². The number of hydrogen-bond donors (Lipinski definition) is 2. The van der Waals surface area contributed by atoms with Crippen molar-refractivity contribution < 1.29 is 18.4 Å². The predicted octanol–water partition coefficient (Wildman–Crippen LogP) is 5.08. The first kappa shape index (κ1) is 23.2. The van der Waals surface area contributed by atoms with Crippen molar-refractivity contribution in [2.45, 2.75) is 19.9 Å². The molecular formula is C26H26F2N4O2. The van der Waals surface area contributed by atoms with Gasteiger partial charge in [0.2, 0.25) is 0 Å². The molecule has 3 aromatic rings. The highest BCUT2D eigenvalue weighted by Crippen LogP contribution is 2.32. The van der Waals surface area contributed by atoms with Crippen LogP contribution in [0.1, 0.15) is 27.9 Å². The SMILES string of the molecule is Cc1cc(CNC(=O)Nc2c(F)cccc2F)ccc1C(=O)N1CCCN(C)c2ccccc21. The summed E-state index contributed by atoms with van der Waals surface area (Å²) in [5, 5.41) is 4.77. The summed E-state index contributed by atoms with van der Waals surface area (Å²) in [5.41, 5.74) is 3.52.